The van der Waals surface area contributed by atoms with E-state index in [1.165, 1.54) is 6.07 Å². The van der Waals surface area contributed by atoms with Crippen LogP contribution in [-0.4, -0.2) is 42.0 Å². The van der Waals surface area contributed by atoms with E-state index in [0.29, 0.717) is 42.6 Å². The number of carbonyl (C=O) groups is 1. The summed E-state index contributed by atoms with van der Waals surface area (Å²) in [6.45, 7) is 2.01. The fourth-order valence-electron chi connectivity index (χ4n) is 2.79. The molecule has 0 bridgehead atoms. The number of urea groups is 1. The fourth-order valence-corrected chi connectivity index (χ4v) is 2.98. The molecule has 130 valence electrons. The highest BCUT2D eigenvalue weighted by Gasteiger charge is 2.25. The van der Waals surface area contributed by atoms with Gasteiger partial charge >= 0.3 is 6.03 Å². The first-order chi connectivity index (χ1) is 12.1. The summed E-state index contributed by atoms with van der Waals surface area (Å²) in [4.78, 5) is 26.8. The van der Waals surface area contributed by atoms with Crippen molar-refractivity contribution in [1.29, 1.82) is 0 Å². The molecule has 0 aromatic heterocycles. The first-order valence-electron chi connectivity index (χ1n) is 7.85. The number of para-hydroxylation sites is 3. The molecule has 2 aromatic rings. The molecule has 1 heterocycles. The SMILES string of the molecule is O=C(Nc1ccccc1Cl)N1CCN(c2ccccc2[N+](=O)[O-])CC1. The number of nitro benzene ring substituents is 1. The second-order valence-electron chi connectivity index (χ2n) is 5.63. The van der Waals surface area contributed by atoms with Gasteiger partial charge in [0.1, 0.15) is 5.69 Å². The summed E-state index contributed by atoms with van der Waals surface area (Å²) in [7, 11) is 0. The van der Waals surface area contributed by atoms with E-state index < -0.39 is 0 Å². The number of hydrogen-bond donors (Lipinski definition) is 1. The van der Waals surface area contributed by atoms with Crippen LogP contribution in [0.15, 0.2) is 48.5 Å². The van der Waals surface area contributed by atoms with E-state index in [1.54, 1.807) is 47.4 Å². The Balaban J connectivity index is 1.63. The Bertz CT molecular complexity index is 791. The number of hydrogen-bond acceptors (Lipinski definition) is 4. The molecule has 25 heavy (non-hydrogen) atoms. The maximum absolute atomic E-state index is 12.4. The van der Waals surface area contributed by atoms with Crippen LogP contribution in [0.1, 0.15) is 0 Å². The van der Waals surface area contributed by atoms with Crippen LogP contribution in [0.5, 0.6) is 0 Å². The number of halogens is 1. The van der Waals surface area contributed by atoms with E-state index in [1.807, 2.05) is 4.90 Å². The Hall–Kier alpha value is -2.80. The third kappa shape index (κ3) is 3.83. The number of nitro groups is 1. The van der Waals surface area contributed by atoms with Crippen molar-refractivity contribution in [3.63, 3.8) is 0 Å². The molecule has 0 spiro atoms. The lowest BCUT2D eigenvalue weighted by Crippen LogP contribution is -2.50. The molecule has 1 saturated heterocycles. The minimum atomic E-state index is -0.383. The average molecular weight is 361 g/mol. The number of benzene rings is 2. The van der Waals surface area contributed by atoms with Crippen molar-refractivity contribution in [2.24, 2.45) is 0 Å². The smallest absolute Gasteiger partial charge is 0.322 e. The van der Waals surface area contributed by atoms with Crippen molar-refractivity contribution >= 4 is 34.7 Å². The number of carbonyl (C=O) groups excluding carboxylic acids is 1. The van der Waals surface area contributed by atoms with Gasteiger partial charge in [-0.1, -0.05) is 35.9 Å². The molecule has 7 nitrogen and oxygen atoms in total. The molecule has 0 unspecified atom stereocenters. The molecule has 0 aliphatic carbocycles. The Morgan fingerprint density at radius 2 is 1.68 bits per heavy atom. The van der Waals surface area contributed by atoms with Gasteiger partial charge < -0.3 is 15.1 Å². The van der Waals surface area contributed by atoms with Crippen LogP contribution >= 0.6 is 11.6 Å². The van der Waals surface area contributed by atoms with Crippen molar-refractivity contribution in [1.82, 2.24) is 4.90 Å². The van der Waals surface area contributed by atoms with Gasteiger partial charge in [-0.05, 0) is 18.2 Å². The molecular formula is C17H17ClN4O3. The number of anilines is 2. The van der Waals surface area contributed by atoms with Gasteiger partial charge in [-0.25, -0.2) is 4.79 Å². The molecule has 1 aliphatic heterocycles. The van der Waals surface area contributed by atoms with Crippen LogP contribution in [0.2, 0.25) is 5.02 Å². The molecule has 0 radical (unpaired) electrons. The van der Waals surface area contributed by atoms with Crippen molar-refractivity contribution in [2.45, 2.75) is 0 Å². The average Bonchev–Trinajstić information content (AvgIpc) is 2.63. The maximum Gasteiger partial charge on any atom is 0.322 e. The molecule has 2 aromatic carbocycles. The molecule has 1 fully saturated rings. The van der Waals surface area contributed by atoms with Crippen molar-refractivity contribution < 1.29 is 9.72 Å². The molecular weight excluding hydrogens is 344 g/mol. The van der Waals surface area contributed by atoms with E-state index >= 15 is 0 Å². The van der Waals surface area contributed by atoms with Crippen molar-refractivity contribution in [3.8, 4) is 0 Å². The number of piperazine rings is 1. The summed E-state index contributed by atoms with van der Waals surface area (Å²) in [6.07, 6.45) is 0. The first-order valence-corrected chi connectivity index (χ1v) is 8.23. The lowest BCUT2D eigenvalue weighted by molar-refractivity contribution is -0.384. The minimum absolute atomic E-state index is 0.0801. The summed E-state index contributed by atoms with van der Waals surface area (Å²) in [5.74, 6) is 0. The van der Waals surface area contributed by atoms with E-state index in [9.17, 15) is 14.9 Å². The second kappa shape index (κ2) is 7.40. The topological polar surface area (TPSA) is 78.7 Å². The van der Waals surface area contributed by atoms with Gasteiger partial charge in [-0.3, -0.25) is 10.1 Å². The lowest BCUT2D eigenvalue weighted by Gasteiger charge is -2.35. The van der Waals surface area contributed by atoms with E-state index in [0.717, 1.165) is 0 Å². The van der Waals surface area contributed by atoms with Gasteiger partial charge in [0, 0.05) is 32.2 Å². The highest BCUT2D eigenvalue weighted by atomic mass is 35.5. The van der Waals surface area contributed by atoms with Gasteiger partial charge in [0.2, 0.25) is 0 Å². The van der Waals surface area contributed by atoms with E-state index in [-0.39, 0.29) is 16.6 Å². The molecule has 8 heteroatoms. The monoisotopic (exact) mass is 360 g/mol. The summed E-state index contributed by atoms with van der Waals surface area (Å²) in [5.41, 5.74) is 1.23. The standard InChI is InChI=1S/C17H17ClN4O3/c18-13-5-1-2-6-14(13)19-17(23)21-11-9-20(10-12-21)15-7-3-4-8-16(15)22(24)25/h1-8H,9-12H2,(H,19,23). The van der Waals surface area contributed by atoms with Crippen LogP contribution in [-0.2, 0) is 0 Å². The zero-order chi connectivity index (χ0) is 17.8. The van der Waals surface area contributed by atoms with Gasteiger partial charge in [0.05, 0.1) is 15.6 Å². The first kappa shape index (κ1) is 17.0. The normalized spacial score (nSPS) is 14.3. The highest BCUT2D eigenvalue weighted by Crippen LogP contribution is 2.28. The predicted molar refractivity (Wildman–Crippen MR) is 97.4 cm³/mol. The highest BCUT2D eigenvalue weighted by molar-refractivity contribution is 6.33. The maximum atomic E-state index is 12.4. The predicted octanol–water partition coefficient (Wildman–Crippen LogP) is 3.60. The van der Waals surface area contributed by atoms with Gasteiger partial charge in [0.15, 0.2) is 0 Å². The summed E-state index contributed by atoms with van der Waals surface area (Å²) in [6, 6.07) is 13.5. The second-order valence-corrected chi connectivity index (χ2v) is 6.04. The van der Waals surface area contributed by atoms with E-state index in [2.05, 4.69) is 5.32 Å². The summed E-state index contributed by atoms with van der Waals surface area (Å²) >= 11 is 6.05. The molecule has 1 aliphatic rings. The quantitative estimate of drug-likeness (QED) is 0.670. The van der Waals surface area contributed by atoms with Crippen LogP contribution in [0.4, 0.5) is 21.9 Å². The van der Waals surface area contributed by atoms with E-state index in [4.69, 9.17) is 11.6 Å². The zero-order valence-electron chi connectivity index (χ0n) is 13.4. The third-order valence-corrected chi connectivity index (χ3v) is 4.43. The van der Waals surface area contributed by atoms with Crippen molar-refractivity contribution in [2.75, 3.05) is 36.4 Å². The Labute approximate surface area is 149 Å². The zero-order valence-corrected chi connectivity index (χ0v) is 14.1. The van der Waals surface area contributed by atoms with Crippen LogP contribution in [0.3, 0.4) is 0 Å². The lowest BCUT2D eigenvalue weighted by atomic mass is 10.2. The molecule has 1 N–H and O–H groups in total. The van der Waals surface area contributed by atoms with Gasteiger partial charge in [-0.2, -0.15) is 0 Å². The van der Waals surface area contributed by atoms with Gasteiger partial charge in [-0.15, -0.1) is 0 Å². The van der Waals surface area contributed by atoms with Crippen molar-refractivity contribution in [3.05, 3.63) is 63.7 Å². The van der Waals surface area contributed by atoms with Crippen LogP contribution in [0.25, 0.3) is 0 Å². The number of rotatable bonds is 3. The Morgan fingerprint density at radius 1 is 1.04 bits per heavy atom. The fraction of sp³-hybridized carbons (Fsp3) is 0.235. The van der Waals surface area contributed by atoms with Crippen LogP contribution < -0.4 is 10.2 Å². The Morgan fingerprint density at radius 3 is 2.36 bits per heavy atom. The largest absolute Gasteiger partial charge is 0.362 e. The Kier molecular flexibility index (Phi) is 5.04. The number of nitrogens with zero attached hydrogens (tertiary/aromatic N) is 3. The van der Waals surface area contributed by atoms with Gasteiger partial charge in [0.25, 0.3) is 5.69 Å². The summed E-state index contributed by atoms with van der Waals surface area (Å²) in [5, 5.41) is 14.4. The molecule has 0 saturated carbocycles. The number of nitrogens with one attached hydrogen (secondary N) is 1. The number of amides is 2. The summed E-state index contributed by atoms with van der Waals surface area (Å²) < 4.78 is 0. The van der Waals surface area contributed by atoms with Crippen LogP contribution in [0, 0.1) is 10.1 Å². The molecule has 2 amide bonds. The molecule has 3 rings (SSSR count). The molecule has 0 atom stereocenters. The minimum Gasteiger partial charge on any atom is -0.362 e. The third-order valence-electron chi connectivity index (χ3n) is 4.10.